The molecule has 1 aromatic rings. The summed E-state index contributed by atoms with van der Waals surface area (Å²) in [6, 6.07) is 5.04. The Bertz CT molecular complexity index is 468. The van der Waals surface area contributed by atoms with Crippen LogP contribution >= 0.6 is 21.6 Å². The SMILES string of the molecule is CC.CCN(CC)CCOCCSSCCOO.O=[N+]([O-])c1ccc(O)cc1.[Y]. The summed E-state index contributed by atoms with van der Waals surface area (Å²) in [7, 11) is 3.44. The van der Waals surface area contributed by atoms with Crippen molar-refractivity contribution in [2.75, 3.05) is 51.0 Å². The van der Waals surface area contributed by atoms with Gasteiger partial charge < -0.3 is 14.7 Å². The average Bonchev–Trinajstić information content (AvgIpc) is 2.72. The topological polar surface area (TPSA) is 105 Å². The predicted octanol–water partition coefficient (Wildman–Crippen LogP) is 4.54. The van der Waals surface area contributed by atoms with Gasteiger partial charge in [0.25, 0.3) is 5.69 Å². The van der Waals surface area contributed by atoms with Gasteiger partial charge in [-0.2, -0.15) is 0 Å². The quantitative estimate of drug-likeness (QED) is 0.126. The summed E-state index contributed by atoms with van der Waals surface area (Å²) < 4.78 is 5.52. The zero-order chi connectivity index (χ0) is 21.6. The summed E-state index contributed by atoms with van der Waals surface area (Å²) in [6.45, 7) is 13.5. The zero-order valence-corrected chi connectivity index (χ0v) is 22.3. The van der Waals surface area contributed by atoms with E-state index in [0.717, 1.165) is 44.4 Å². The summed E-state index contributed by atoms with van der Waals surface area (Å²) in [5.41, 5.74) is -0.0159. The number of nitro benzene ring substituents is 1. The molecular weight excluding hydrogens is 493 g/mol. The fourth-order valence-electron chi connectivity index (χ4n) is 1.69. The largest absolute Gasteiger partial charge is 0.508 e. The van der Waals surface area contributed by atoms with Crippen LogP contribution in [0.2, 0.25) is 0 Å². The number of rotatable bonds is 13. The summed E-state index contributed by atoms with van der Waals surface area (Å²) in [4.78, 5) is 15.8. The maximum absolute atomic E-state index is 10.0. The number of phenolic OH excluding ortho intramolecular Hbond substituents is 1. The number of nitro groups is 1. The van der Waals surface area contributed by atoms with Crippen molar-refractivity contribution in [1.82, 2.24) is 4.90 Å². The van der Waals surface area contributed by atoms with Crippen molar-refractivity contribution in [1.29, 1.82) is 0 Å². The van der Waals surface area contributed by atoms with E-state index in [1.807, 2.05) is 13.8 Å². The Kier molecular flexibility index (Phi) is 30.3. The van der Waals surface area contributed by atoms with Crippen molar-refractivity contribution >= 4 is 27.3 Å². The number of benzene rings is 1. The molecule has 0 spiro atoms. The number of hydrogen-bond acceptors (Lipinski definition) is 9. The van der Waals surface area contributed by atoms with E-state index in [2.05, 4.69) is 23.6 Å². The Hall–Kier alpha value is 0.0639. The minimum atomic E-state index is -0.514. The molecular formula is C18H34N2O6S2Y. The number of non-ortho nitro benzene ring substituents is 1. The standard InChI is InChI=1S/C10H23NO3S2.C6H5NO3.C2H6.Y/c1-3-11(4-2)5-6-13-7-9-15-16-10-8-14-12;8-6-3-1-5(2-4-6)7(9)10;1-2;/h12H,3-10H2,1-2H3;1-4,8H;1-2H3;. The summed E-state index contributed by atoms with van der Waals surface area (Å²) >= 11 is 0. The van der Waals surface area contributed by atoms with E-state index >= 15 is 0 Å². The molecule has 0 aliphatic heterocycles. The molecule has 1 rings (SSSR count). The molecule has 2 N–H and O–H groups in total. The van der Waals surface area contributed by atoms with E-state index in [4.69, 9.17) is 15.1 Å². The number of nitrogens with zero attached hydrogens (tertiary/aromatic N) is 2. The van der Waals surface area contributed by atoms with Gasteiger partial charge in [-0.15, -0.1) is 0 Å². The van der Waals surface area contributed by atoms with Crippen LogP contribution in [0.3, 0.4) is 0 Å². The van der Waals surface area contributed by atoms with Gasteiger partial charge in [0.2, 0.25) is 0 Å². The molecule has 1 aromatic carbocycles. The van der Waals surface area contributed by atoms with E-state index in [9.17, 15) is 10.1 Å². The van der Waals surface area contributed by atoms with Crippen LogP contribution < -0.4 is 0 Å². The Morgan fingerprint density at radius 3 is 2.00 bits per heavy atom. The van der Waals surface area contributed by atoms with Crippen molar-refractivity contribution < 1.29 is 57.6 Å². The fraction of sp³-hybridized carbons (Fsp3) is 0.667. The molecule has 167 valence electrons. The molecule has 0 amide bonds. The first kappa shape index (κ1) is 33.7. The van der Waals surface area contributed by atoms with Gasteiger partial charge in [0, 0.05) is 62.9 Å². The van der Waals surface area contributed by atoms with E-state index < -0.39 is 4.92 Å². The molecule has 1 radical (unpaired) electrons. The molecule has 0 aromatic heterocycles. The van der Waals surface area contributed by atoms with Crippen molar-refractivity contribution in [2.45, 2.75) is 27.7 Å². The molecule has 0 saturated carbocycles. The van der Waals surface area contributed by atoms with Gasteiger partial charge in [0.1, 0.15) is 5.75 Å². The molecule has 29 heavy (non-hydrogen) atoms. The van der Waals surface area contributed by atoms with Gasteiger partial charge in [0.05, 0.1) is 24.7 Å². The van der Waals surface area contributed by atoms with Gasteiger partial charge in [-0.25, -0.2) is 4.89 Å². The van der Waals surface area contributed by atoms with Crippen LogP contribution in [0.5, 0.6) is 5.75 Å². The van der Waals surface area contributed by atoms with Crippen molar-refractivity contribution in [3.63, 3.8) is 0 Å². The third-order valence-corrected chi connectivity index (χ3v) is 5.49. The molecule has 0 fully saturated rings. The normalized spacial score (nSPS) is 9.59. The smallest absolute Gasteiger partial charge is 0.269 e. The van der Waals surface area contributed by atoms with Crippen LogP contribution in [-0.2, 0) is 42.3 Å². The Morgan fingerprint density at radius 1 is 1.03 bits per heavy atom. The maximum atomic E-state index is 10.0. The molecule has 0 saturated heterocycles. The summed E-state index contributed by atoms with van der Waals surface area (Å²) in [5, 5.41) is 26.8. The third-order valence-electron chi connectivity index (χ3n) is 3.16. The molecule has 0 aliphatic carbocycles. The summed E-state index contributed by atoms with van der Waals surface area (Å²) in [5.74, 6) is 1.82. The fourth-order valence-corrected chi connectivity index (χ4v) is 3.37. The van der Waals surface area contributed by atoms with Gasteiger partial charge in [0.15, 0.2) is 0 Å². The van der Waals surface area contributed by atoms with Gasteiger partial charge in [-0.05, 0) is 25.2 Å². The van der Waals surface area contributed by atoms with Crippen LogP contribution in [0.1, 0.15) is 27.7 Å². The van der Waals surface area contributed by atoms with E-state index in [-0.39, 0.29) is 44.1 Å². The molecule has 0 heterocycles. The molecule has 0 atom stereocenters. The van der Waals surface area contributed by atoms with Crippen LogP contribution in [0.4, 0.5) is 5.69 Å². The number of ether oxygens (including phenoxy) is 1. The molecule has 0 bridgehead atoms. The second kappa shape index (κ2) is 26.1. The molecule has 0 unspecified atom stereocenters. The maximum Gasteiger partial charge on any atom is 0.269 e. The number of phenols is 1. The number of aromatic hydroxyl groups is 1. The minimum Gasteiger partial charge on any atom is -0.508 e. The third kappa shape index (κ3) is 22.6. The first-order valence-corrected chi connectivity index (χ1v) is 11.8. The van der Waals surface area contributed by atoms with Crippen molar-refractivity contribution in [3.8, 4) is 5.75 Å². The first-order valence-electron chi connectivity index (χ1n) is 9.29. The second-order valence-electron chi connectivity index (χ2n) is 4.89. The molecule has 0 aliphatic rings. The van der Waals surface area contributed by atoms with Crippen molar-refractivity contribution in [2.24, 2.45) is 0 Å². The second-order valence-corrected chi connectivity index (χ2v) is 7.59. The minimum absolute atomic E-state index is 0. The van der Waals surface area contributed by atoms with E-state index in [0.29, 0.717) is 6.61 Å². The summed E-state index contributed by atoms with van der Waals surface area (Å²) in [6.07, 6.45) is 0. The van der Waals surface area contributed by atoms with Gasteiger partial charge in [-0.1, -0.05) is 49.3 Å². The van der Waals surface area contributed by atoms with Crippen LogP contribution in [0, 0.1) is 10.1 Å². The van der Waals surface area contributed by atoms with E-state index in [1.54, 1.807) is 21.6 Å². The van der Waals surface area contributed by atoms with E-state index in [1.165, 1.54) is 24.3 Å². The monoisotopic (exact) mass is 527 g/mol. The van der Waals surface area contributed by atoms with Crippen LogP contribution in [0.15, 0.2) is 24.3 Å². The van der Waals surface area contributed by atoms with Gasteiger partial charge >= 0.3 is 0 Å². The Morgan fingerprint density at radius 2 is 1.55 bits per heavy atom. The van der Waals surface area contributed by atoms with Gasteiger partial charge in [-0.3, -0.25) is 15.4 Å². The van der Waals surface area contributed by atoms with Crippen molar-refractivity contribution in [3.05, 3.63) is 34.4 Å². The number of likely N-dealkylation sites (N-methyl/N-ethyl adjacent to an activating group) is 1. The zero-order valence-electron chi connectivity index (χ0n) is 17.8. The van der Waals surface area contributed by atoms with Crippen LogP contribution in [-0.4, -0.2) is 71.1 Å². The predicted molar refractivity (Wildman–Crippen MR) is 118 cm³/mol. The Balaban J connectivity index is -0.000000446. The Labute approximate surface area is 207 Å². The van der Waals surface area contributed by atoms with Crippen LogP contribution in [0.25, 0.3) is 0 Å². The first-order chi connectivity index (χ1) is 13.5. The average molecular weight is 528 g/mol. The molecule has 8 nitrogen and oxygen atoms in total. The number of hydrogen-bond donors (Lipinski definition) is 2. The molecule has 11 heteroatoms.